The average molecular weight is 329 g/mol. The third-order valence-corrected chi connectivity index (χ3v) is 4.73. The number of ether oxygens (including phenoxy) is 1. The van der Waals surface area contributed by atoms with Gasteiger partial charge in [0.05, 0.1) is 24.4 Å². The Bertz CT molecular complexity index is 671. The van der Waals surface area contributed by atoms with Crippen LogP contribution in [0.1, 0.15) is 29.1 Å². The van der Waals surface area contributed by atoms with Crippen LogP contribution in [0.4, 0.5) is 0 Å². The molecular formula is C13H19N3O5S. The van der Waals surface area contributed by atoms with E-state index in [1.165, 1.54) is 0 Å². The molecule has 3 atom stereocenters. The standard InChI is InChI=1S/C13H19N3O5S/c1-8-6-9(14-21-8)13(17)16-7-10(15-22(2,18)19)12-11(16)4-3-5-20-12/h6,10-12,15H,3-5,7H2,1-2H3/t10-,11-,12-/m1/s1. The Labute approximate surface area is 128 Å². The van der Waals surface area contributed by atoms with E-state index >= 15 is 0 Å². The van der Waals surface area contributed by atoms with Crippen molar-refractivity contribution in [3.63, 3.8) is 0 Å². The minimum atomic E-state index is -3.37. The Hall–Kier alpha value is -1.45. The van der Waals surface area contributed by atoms with E-state index < -0.39 is 16.1 Å². The second-order valence-corrected chi connectivity index (χ2v) is 7.60. The first-order chi connectivity index (χ1) is 10.3. The van der Waals surface area contributed by atoms with Gasteiger partial charge < -0.3 is 14.2 Å². The maximum atomic E-state index is 12.6. The van der Waals surface area contributed by atoms with Crippen LogP contribution in [-0.4, -0.2) is 62.0 Å². The lowest BCUT2D eigenvalue weighted by molar-refractivity contribution is -0.0157. The van der Waals surface area contributed by atoms with Crippen LogP contribution in [-0.2, 0) is 14.8 Å². The molecule has 2 aliphatic rings. The number of hydrogen-bond donors (Lipinski definition) is 1. The van der Waals surface area contributed by atoms with Crippen molar-refractivity contribution >= 4 is 15.9 Å². The summed E-state index contributed by atoms with van der Waals surface area (Å²) in [5.74, 6) is 0.306. The summed E-state index contributed by atoms with van der Waals surface area (Å²) < 4.78 is 36.3. The van der Waals surface area contributed by atoms with E-state index in [-0.39, 0.29) is 30.3 Å². The molecule has 2 aliphatic heterocycles. The van der Waals surface area contributed by atoms with Crippen molar-refractivity contribution in [2.24, 2.45) is 0 Å². The number of likely N-dealkylation sites (tertiary alicyclic amines) is 1. The molecule has 8 nitrogen and oxygen atoms in total. The molecule has 2 fully saturated rings. The molecule has 1 amide bonds. The molecule has 0 bridgehead atoms. The molecule has 0 spiro atoms. The summed E-state index contributed by atoms with van der Waals surface area (Å²) in [6.07, 6.45) is 2.42. The summed E-state index contributed by atoms with van der Waals surface area (Å²) in [4.78, 5) is 14.2. The number of rotatable bonds is 3. The fraction of sp³-hybridized carbons (Fsp3) is 0.692. The topological polar surface area (TPSA) is 102 Å². The van der Waals surface area contributed by atoms with E-state index in [9.17, 15) is 13.2 Å². The van der Waals surface area contributed by atoms with Crippen molar-refractivity contribution in [2.45, 2.75) is 38.0 Å². The zero-order valence-corrected chi connectivity index (χ0v) is 13.3. The summed E-state index contributed by atoms with van der Waals surface area (Å²) >= 11 is 0. The van der Waals surface area contributed by atoms with E-state index in [0.717, 1.165) is 19.1 Å². The molecular weight excluding hydrogens is 310 g/mol. The second kappa shape index (κ2) is 5.64. The predicted molar refractivity (Wildman–Crippen MR) is 76.8 cm³/mol. The number of carbonyl (C=O) groups excluding carboxylic acids is 1. The van der Waals surface area contributed by atoms with Crippen LogP contribution in [0.25, 0.3) is 0 Å². The largest absolute Gasteiger partial charge is 0.374 e. The van der Waals surface area contributed by atoms with Crippen LogP contribution in [0.5, 0.6) is 0 Å². The number of hydrogen-bond acceptors (Lipinski definition) is 6. The van der Waals surface area contributed by atoms with E-state index in [2.05, 4.69) is 9.88 Å². The Balaban J connectivity index is 1.83. The highest BCUT2D eigenvalue weighted by Gasteiger charge is 2.47. The number of carbonyl (C=O) groups is 1. The summed E-state index contributed by atoms with van der Waals surface area (Å²) in [6, 6.07) is 1.01. The highest BCUT2D eigenvalue weighted by atomic mass is 32.2. The van der Waals surface area contributed by atoms with Gasteiger partial charge in [0.25, 0.3) is 5.91 Å². The van der Waals surface area contributed by atoms with Crippen molar-refractivity contribution in [1.82, 2.24) is 14.8 Å². The van der Waals surface area contributed by atoms with Crippen molar-refractivity contribution in [3.05, 3.63) is 17.5 Å². The van der Waals surface area contributed by atoms with Gasteiger partial charge in [0.1, 0.15) is 5.76 Å². The molecule has 0 unspecified atom stereocenters. The van der Waals surface area contributed by atoms with Gasteiger partial charge in [-0.05, 0) is 19.8 Å². The monoisotopic (exact) mass is 329 g/mol. The number of nitrogens with zero attached hydrogens (tertiary/aromatic N) is 2. The van der Waals surface area contributed by atoms with E-state index in [4.69, 9.17) is 9.26 Å². The number of nitrogens with one attached hydrogen (secondary N) is 1. The molecule has 122 valence electrons. The van der Waals surface area contributed by atoms with Gasteiger partial charge in [-0.2, -0.15) is 0 Å². The summed E-state index contributed by atoms with van der Waals surface area (Å²) in [5, 5.41) is 3.75. The lowest BCUT2D eigenvalue weighted by Gasteiger charge is -2.31. The maximum Gasteiger partial charge on any atom is 0.276 e. The van der Waals surface area contributed by atoms with Gasteiger partial charge in [0.2, 0.25) is 10.0 Å². The lowest BCUT2D eigenvalue weighted by Crippen LogP contribution is -2.47. The Kier molecular flexibility index (Phi) is 3.96. The van der Waals surface area contributed by atoms with Crippen LogP contribution in [0.3, 0.4) is 0 Å². The quantitative estimate of drug-likeness (QED) is 0.831. The predicted octanol–water partition coefficient (Wildman–Crippen LogP) is -0.0958. The maximum absolute atomic E-state index is 12.6. The normalized spacial score (nSPS) is 28.6. The highest BCUT2D eigenvalue weighted by Crippen LogP contribution is 2.30. The van der Waals surface area contributed by atoms with Crippen LogP contribution >= 0.6 is 0 Å². The molecule has 0 aromatic carbocycles. The molecule has 2 saturated heterocycles. The third-order valence-electron chi connectivity index (χ3n) is 4.00. The van der Waals surface area contributed by atoms with Crippen molar-refractivity contribution < 1.29 is 22.5 Å². The van der Waals surface area contributed by atoms with Gasteiger partial charge >= 0.3 is 0 Å². The van der Waals surface area contributed by atoms with Crippen LogP contribution in [0.15, 0.2) is 10.6 Å². The third kappa shape index (κ3) is 3.01. The minimum Gasteiger partial charge on any atom is -0.374 e. The van der Waals surface area contributed by atoms with Gasteiger partial charge in [-0.3, -0.25) is 4.79 Å². The smallest absolute Gasteiger partial charge is 0.276 e. The molecule has 0 radical (unpaired) electrons. The number of fused-ring (bicyclic) bond motifs is 1. The van der Waals surface area contributed by atoms with E-state index in [1.807, 2.05) is 0 Å². The molecule has 3 rings (SSSR count). The second-order valence-electron chi connectivity index (χ2n) is 5.82. The van der Waals surface area contributed by atoms with Crippen molar-refractivity contribution in [3.8, 4) is 0 Å². The fourth-order valence-corrected chi connectivity index (χ4v) is 3.94. The van der Waals surface area contributed by atoms with E-state index in [1.54, 1.807) is 17.9 Å². The van der Waals surface area contributed by atoms with Crippen LogP contribution in [0.2, 0.25) is 0 Å². The molecule has 3 heterocycles. The van der Waals surface area contributed by atoms with Gasteiger partial charge in [0.15, 0.2) is 5.69 Å². The number of sulfonamides is 1. The average Bonchev–Trinajstić information content (AvgIpc) is 3.02. The first-order valence-corrected chi connectivity index (χ1v) is 9.07. The first-order valence-electron chi connectivity index (χ1n) is 7.18. The molecule has 22 heavy (non-hydrogen) atoms. The highest BCUT2D eigenvalue weighted by molar-refractivity contribution is 7.88. The molecule has 0 saturated carbocycles. The number of aromatic nitrogens is 1. The molecule has 0 aliphatic carbocycles. The summed E-state index contributed by atoms with van der Waals surface area (Å²) in [7, 11) is -3.37. The lowest BCUT2D eigenvalue weighted by atomic mass is 10.0. The summed E-state index contributed by atoms with van der Waals surface area (Å²) in [6.45, 7) is 2.57. The number of aryl methyl sites for hydroxylation is 1. The number of amides is 1. The first kappa shape index (κ1) is 15.4. The Morgan fingerprint density at radius 3 is 2.91 bits per heavy atom. The Morgan fingerprint density at radius 2 is 2.27 bits per heavy atom. The zero-order chi connectivity index (χ0) is 15.9. The molecule has 1 aromatic rings. The van der Waals surface area contributed by atoms with E-state index in [0.29, 0.717) is 12.4 Å². The van der Waals surface area contributed by atoms with Gasteiger partial charge in [-0.1, -0.05) is 5.16 Å². The van der Waals surface area contributed by atoms with Crippen LogP contribution in [0, 0.1) is 6.92 Å². The summed E-state index contributed by atoms with van der Waals surface area (Å²) in [5.41, 5.74) is 0.238. The zero-order valence-electron chi connectivity index (χ0n) is 12.5. The van der Waals surface area contributed by atoms with Gasteiger partial charge in [-0.25, -0.2) is 13.1 Å². The van der Waals surface area contributed by atoms with Crippen LogP contribution < -0.4 is 4.72 Å². The Morgan fingerprint density at radius 1 is 1.50 bits per heavy atom. The molecule has 1 N–H and O–H groups in total. The van der Waals surface area contributed by atoms with Crippen molar-refractivity contribution in [1.29, 1.82) is 0 Å². The van der Waals surface area contributed by atoms with Gasteiger partial charge in [-0.15, -0.1) is 0 Å². The molecule has 9 heteroatoms. The SMILES string of the molecule is Cc1cc(C(=O)N2C[C@@H](NS(C)(=O)=O)[C@H]3OCCC[C@H]32)no1. The van der Waals surface area contributed by atoms with Gasteiger partial charge in [0, 0.05) is 19.2 Å². The minimum absolute atomic E-state index is 0.141. The molecule has 1 aromatic heterocycles. The van der Waals surface area contributed by atoms with Crippen molar-refractivity contribution in [2.75, 3.05) is 19.4 Å². The fourth-order valence-electron chi connectivity index (χ4n) is 3.18.